The van der Waals surface area contributed by atoms with Gasteiger partial charge in [0.2, 0.25) is 11.8 Å². The molecule has 5 heteroatoms. The zero-order chi connectivity index (χ0) is 19.0. The number of amides is 2. The summed E-state index contributed by atoms with van der Waals surface area (Å²) in [4.78, 5) is 25.1. The zero-order valence-electron chi connectivity index (χ0n) is 16.0. The maximum Gasteiger partial charge on any atom is 0.226 e. The second-order valence-corrected chi connectivity index (χ2v) is 9.98. The fourth-order valence-corrected chi connectivity index (χ4v) is 6.48. The Kier molecular flexibility index (Phi) is 5.32. The molecule has 0 radical (unpaired) electrons. The van der Waals surface area contributed by atoms with Crippen LogP contribution in [0.1, 0.15) is 56.9 Å². The van der Waals surface area contributed by atoms with Crippen LogP contribution in [0.4, 0.5) is 5.69 Å². The summed E-state index contributed by atoms with van der Waals surface area (Å²) in [5.41, 5.74) is 1.79. The standard InChI is InChI=1S/C22H29BrN2O2/c1-14-7-18(23)4-5-19(14)25-20(26)3-2-6-24-21(27)22-11-15-8-16(12-22)10-17(9-15)13-22/h4-5,7,15-17H,2-3,6,8-13H2,1H3,(H,24,27)(H,25,26). The van der Waals surface area contributed by atoms with Crippen LogP contribution in [-0.4, -0.2) is 18.4 Å². The number of rotatable bonds is 6. The van der Waals surface area contributed by atoms with Gasteiger partial charge < -0.3 is 10.6 Å². The van der Waals surface area contributed by atoms with Gasteiger partial charge in [-0.1, -0.05) is 15.9 Å². The average molecular weight is 433 g/mol. The Balaban J connectivity index is 1.22. The van der Waals surface area contributed by atoms with E-state index in [0.29, 0.717) is 19.4 Å². The molecule has 4 fully saturated rings. The molecule has 0 atom stereocenters. The molecule has 4 bridgehead atoms. The van der Waals surface area contributed by atoms with Crippen LogP contribution in [0.3, 0.4) is 0 Å². The van der Waals surface area contributed by atoms with Crippen LogP contribution in [0, 0.1) is 30.1 Å². The van der Waals surface area contributed by atoms with E-state index in [1.165, 1.54) is 19.3 Å². The number of carbonyl (C=O) groups is 2. The number of nitrogens with one attached hydrogen (secondary N) is 2. The van der Waals surface area contributed by atoms with Crippen LogP contribution in [0.5, 0.6) is 0 Å². The summed E-state index contributed by atoms with van der Waals surface area (Å²) in [6.45, 7) is 2.57. The van der Waals surface area contributed by atoms with Crippen molar-refractivity contribution in [2.24, 2.45) is 23.2 Å². The van der Waals surface area contributed by atoms with Gasteiger partial charge in [-0.25, -0.2) is 0 Å². The second-order valence-electron chi connectivity index (χ2n) is 9.06. The Morgan fingerprint density at radius 3 is 2.33 bits per heavy atom. The van der Waals surface area contributed by atoms with E-state index < -0.39 is 0 Å². The number of hydrogen-bond acceptors (Lipinski definition) is 2. The Bertz CT molecular complexity index is 711. The van der Waals surface area contributed by atoms with E-state index in [4.69, 9.17) is 0 Å². The van der Waals surface area contributed by atoms with E-state index in [1.54, 1.807) is 0 Å². The topological polar surface area (TPSA) is 58.2 Å². The maximum absolute atomic E-state index is 12.9. The lowest BCUT2D eigenvalue weighted by Crippen LogP contribution is -2.53. The smallest absolute Gasteiger partial charge is 0.226 e. The molecular formula is C22H29BrN2O2. The van der Waals surface area contributed by atoms with Gasteiger partial charge in [0.25, 0.3) is 0 Å². The minimum atomic E-state index is -0.0917. The monoisotopic (exact) mass is 432 g/mol. The van der Waals surface area contributed by atoms with Crippen LogP contribution in [-0.2, 0) is 9.59 Å². The van der Waals surface area contributed by atoms with Crippen LogP contribution >= 0.6 is 15.9 Å². The molecule has 27 heavy (non-hydrogen) atoms. The molecule has 4 saturated carbocycles. The number of benzene rings is 1. The second kappa shape index (κ2) is 7.57. The molecule has 0 unspecified atom stereocenters. The van der Waals surface area contributed by atoms with Crippen LogP contribution in [0.2, 0.25) is 0 Å². The highest BCUT2D eigenvalue weighted by Gasteiger charge is 2.54. The highest BCUT2D eigenvalue weighted by Crippen LogP contribution is 2.60. The van der Waals surface area contributed by atoms with E-state index in [-0.39, 0.29) is 17.2 Å². The number of halogens is 1. The zero-order valence-corrected chi connectivity index (χ0v) is 17.6. The summed E-state index contributed by atoms with van der Waals surface area (Å²) in [7, 11) is 0. The van der Waals surface area contributed by atoms with E-state index in [2.05, 4.69) is 26.6 Å². The fourth-order valence-electron chi connectivity index (χ4n) is 6.01. The molecule has 2 amide bonds. The molecule has 4 nitrogen and oxygen atoms in total. The summed E-state index contributed by atoms with van der Waals surface area (Å²) >= 11 is 3.43. The summed E-state index contributed by atoms with van der Waals surface area (Å²) in [6, 6.07) is 5.82. The molecule has 0 saturated heterocycles. The summed E-state index contributed by atoms with van der Waals surface area (Å²) in [5, 5.41) is 6.11. The van der Waals surface area contributed by atoms with Crippen molar-refractivity contribution in [1.82, 2.24) is 5.32 Å². The third kappa shape index (κ3) is 4.08. The van der Waals surface area contributed by atoms with Gasteiger partial charge in [-0.2, -0.15) is 0 Å². The average Bonchev–Trinajstić information content (AvgIpc) is 2.60. The van der Waals surface area contributed by atoms with Gasteiger partial charge in [-0.15, -0.1) is 0 Å². The molecule has 146 valence electrons. The molecule has 0 heterocycles. The third-order valence-electron chi connectivity index (χ3n) is 6.85. The van der Waals surface area contributed by atoms with Crippen molar-refractivity contribution in [3.05, 3.63) is 28.2 Å². The minimum Gasteiger partial charge on any atom is -0.356 e. The Morgan fingerprint density at radius 2 is 1.74 bits per heavy atom. The first kappa shape index (κ1) is 19.0. The normalized spacial score (nSPS) is 31.0. The maximum atomic E-state index is 12.9. The van der Waals surface area contributed by atoms with Crippen LogP contribution < -0.4 is 10.6 Å². The Labute approximate surface area is 170 Å². The molecular weight excluding hydrogens is 404 g/mol. The van der Waals surface area contributed by atoms with Crippen molar-refractivity contribution in [3.8, 4) is 0 Å². The first-order valence-corrected chi connectivity index (χ1v) is 11.1. The van der Waals surface area contributed by atoms with E-state index in [1.807, 2.05) is 25.1 Å². The molecule has 0 aromatic heterocycles. The predicted octanol–water partition coefficient (Wildman–Crippen LogP) is 4.81. The minimum absolute atomic E-state index is 0.00414. The number of hydrogen-bond donors (Lipinski definition) is 2. The summed E-state index contributed by atoms with van der Waals surface area (Å²) in [5.74, 6) is 2.60. The van der Waals surface area contributed by atoms with Crippen molar-refractivity contribution in [3.63, 3.8) is 0 Å². The first-order valence-electron chi connectivity index (χ1n) is 10.3. The summed E-state index contributed by atoms with van der Waals surface area (Å²) < 4.78 is 1.00. The molecule has 2 N–H and O–H groups in total. The van der Waals surface area contributed by atoms with Gasteiger partial charge >= 0.3 is 0 Å². The van der Waals surface area contributed by atoms with Crippen molar-refractivity contribution in [1.29, 1.82) is 0 Å². The van der Waals surface area contributed by atoms with Crippen LogP contribution in [0.15, 0.2) is 22.7 Å². The largest absolute Gasteiger partial charge is 0.356 e. The predicted molar refractivity (Wildman–Crippen MR) is 110 cm³/mol. The van der Waals surface area contributed by atoms with Gasteiger partial charge in [-0.3, -0.25) is 9.59 Å². The number of aryl methyl sites for hydroxylation is 1. The molecule has 5 rings (SSSR count). The Hall–Kier alpha value is -1.36. The third-order valence-corrected chi connectivity index (χ3v) is 7.34. The number of anilines is 1. The lowest BCUT2D eigenvalue weighted by atomic mass is 9.49. The first-order chi connectivity index (χ1) is 12.9. The molecule has 4 aliphatic carbocycles. The molecule has 1 aromatic carbocycles. The van der Waals surface area contributed by atoms with E-state index in [0.717, 1.165) is 52.7 Å². The van der Waals surface area contributed by atoms with Crippen molar-refractivity contribution < 1.29 is 9.59 Å². The van der Waals surface area contributed by atoms with Gasteiger partial charge in [0.05, 0.1) is 0 Å². The highest BCUT2D eigenvalue weighted by atomic mass is 79.9. The SMILES string of the molecule is Cc1cc(Br)ccc1NC(=O)CCCNC(=O)C12CC3CC(CC(C3)C1)C2. The lowest BCUT2D eigenvalue weighted by Gasteiger charge is -2.55. The van der Waals surface area contributed by atoms with Gasteiger partial charge in [-0.05, 0) is 93.4 Å². The lowest BCUT2D eigenvalue weighted by molar-refractivity contribution is -0.146. The quantitative estimate of drug-likeness (QED) is 0.633. The van der Waals surface area contributed by atoms with Crippen molar-refractivity contribution in [2.45, 2.75) is 58.3 Å². The fraction of sp³-hybridized carbons (Fsp3) is 0.636. The van der Waals surface area contributed by atoms with Gasteiger partial charge in [0, 0.05) is 28.5 Å². The molecule has 1 aromatic rings. The van der Waals surface area contributed by atoms with Gasteiger partial charge in [0.1, 0.15) is 0 Å². The van der Waals surface area contributed by atoms with E-state index >= 15 is 0 Å². The van der Waals surface area contributed by atoms with E-state index in [9.17, 15) is 9.59 Å². The van der Waals surface area contributed by atoms with Crippen LogP contribution in [0.25, 0.3) is 0 Å². The molecule has 0 spiro atoms. The molecule has 4 aliphatic rings. The Morgan fingerprint density at radius 1 is 1.11 bits per heavy atom. The molecule has 0 aliphatic heterocycles. The highest BCUT2D eigenvalue weighted by molar-refractivity contribution is 9.10. The number of carbonyl (C=O) groups excluding carboxylic acids is 2. The van der Waals surface area contributed by atoms with Crippen molar-refractivity contribution >= 4 is 33.4 Å². The van der Waals surface area contributed by atoms with Crippen molar-refractivity contribution in [2.75, 3.05) is 11.9 Å². The summed E-state index contributed by atoms with van der Waals surface area (Å²) in [6.07, 6.45) is 8.43. The van der Waals surface area contributed by atoms with Gasteiger partial charge in [0.15, 0.2) is 0 Å².